The molecule has 18 heavy (non-hydrogen) atoms. The maximum atomic E-state index is 11.3. The Bertz CT molecular complexity index is 508. The number of hydrogen-bond donors (Lipinski definition) is 1. The average molecular weight is 263 g/mol. The molecule has 1 heterocycles. The molecule has 0 saturated heterocycles. The zero-order valence-electron chi connectivity index (χ0n) is 10.5. The number of nitriles is 1. The molecule has 2 rings (SSSR count). The van der Waals surface area contributed by atoms with Crippen molar-refractivity contribution in [3.63, 3.8) is 0 Å². The second-order valence-corrected chi connectivity index (χ2v) is 6.18. The molecular weight excluding hydrogens is 246 g/mol. The Hall–Kier alpha value is -1.41. The summed E-state index contributed by atoms with van der Waals surface area (Å²) in [4.78, 5) is 4.51. The highest BCUT2D eigenvalue weighted by atomic mass is 32.2. The molecule has 1 unspecified atom stereocenters. The first-order valence-corrected chi connectivity index (χ1v) is 7.75. The van der Waals surface area contributed by atoms with Crippen molar-refractivity contribution >= 4 is 16.6 Å². The second-order valence-electron chi connectivity index (χ2n) is 4.32. The minimum Gasteiger partial charge on any atom is -0.368 e. The molecule has 5 heteroatoms. The molecule has 0 bridgehead atoms. The number of anilines is 1. The summed E-state index contributed by atoms with van der Waals surface area (Å²) >= 11 is 0. The molecule has 0 aliphatic heterocycles. The molecule has 1 aromatic heterocycles. The molecule has 96 valence electrons. The van der Waals surface area contributed by atoms with Gasteiger partial charge in [0, 0.05) is 34.5 Å². The van der Waals surface area contributed by atoms with Gasteiger partial charge in [0.25, 0.3) is 0 Å². The summed E-state index contributed by atoms with van der Waals surface area (Å²) in [6.45, 7) is 2.51. The van der Waals surface area contributed by atoms with Crippen molar-refractivity contribution in [1.82, 2.24) is 4.98 Å². The fourth-order valence-corrected chi connectivity index (χ4v) is 2.74. The molecule has 0 radical (unpaired) electrons. The van der Waals surface area contributed by atoms with Crippen molar-refractivity contribution in [1.29, 1.82) is 5.26 Å². The Morgan fingerprint density at radius 2 is 2.39 bits per heavy atom. The predicted molar refractivity (Wildman–Crippen MR) is 73.0 cm³/mol. The predicted octanol–water partition coefficient (Wildman–Crippen LogP) is 1.62. The van der Waals surface area contributed by atoms with Crippen molar-refractivity contribution in [2.75, 3.05) is 23.4 Å². The van der Waals surface area contributed by atoms with Gasteiger partial charge in [-0.25, -0.2) is 4.98 Å². The van der Waals surface area contributed by atoms with Crippen molar-refractivity contribution < 1.29 is 4.21 Å². The lowest BCUT2D eigenvalue weighted by atomic mass is 10.1. The van der Waals surface area contributed by atoms with Gasteiger partial charge in [0.1, 0.15) is 11.9 Å². The Morgan fingerprint density at radius 1 is 1.56 bits per heavy atom. The van der Waals surface area contributed by atoms with Crippen LogP contribution in [-0.4, -0.2) is 27.2 Å². The highest BCUT2D eigenvalue weighted by molar-refractivity contribution is 7.84. The smallest absolute Gasteiger partial charge is 0.144 e. The van der Waals surface area contributed by atoms with Crippen LogP contribution in [-0.2, 0) is 23.6 Å². The van der Waals surface area contributed by atoms with E-state index in [2.05, 4.69) is 16.4 Å². The topological polar surface area (TPSA) is 65.8 Å². The molecule has 0 amide bonds. The number of nitrogens with zero attached hydrogens (tertiary/aromatic N) is 2. The average Bonchev–Trinajstić information content (AvgIpc) is 2.84. The largest absolute Gasteiger partial charge is 0.368 e. The molecular formula is C13H17N3OS. The van der Waals surface area contributed by atoms with Crippen molar-refractivity contribution in [2.24, 2.45) is 0 Å². The van der Waals surface area contributed by atoms with E-state index in [1.165, 1.54) is 5.56 Å². The van der Waals surface area contributed by atoms with E-state index >= 15 is 0 Å². The van der Waals surface area contributed by atoms with Gasteiger partial charge in [-0.15, -0.1) is 0 Å². The molecule has 0 saturated carbocycles. The van der Waals surface area contributed by atoms with Crippen LogP contribution in [0.4, 0.5) is 5.82 Å². The summed E-state index contributed by atoms with van der Waals surface area (Å²) in [5.74, 6) is 1.91. The number of pyridine rings is 1. The van der Waals surface area contributed by atoms with Gasteiger partial charge in [0.2, 0.25) is 0 Å². The van der Waals surface area contributed by atoms with Crippen LogP contribution in [0.3, 0.4) is 0 Å². The lowest BCUT2D eigenvalue weighted by Gasteiger charge is -2.09. The molecule has 1 atom stereocenters. The molecule has 4 nitrogen and oxygen atoms in total. The van der Waals surface area contributed by atoms with E-state index in [0.29, 0.717) is 29.4 Å². The van der Waals surface area contributed by atoms with Crippen LogP contribution in [0, 0.1) is 11.3 Å². The third-order valence-electron chi connectivity index (χ3n) is 3.12. The minimum absolute atomic E-state index is 0.595. The van der Waals surface area contributed by atoms with Gasteiger partial charge in [-0.05, 0) is 30.9 Å². The van der Waals surface area contributed by atoms with Crippen LogP contribution in [0.15, 0.2) is 6.07 Å². The summed E-state index contributed by atoms with van der Waals surface area (Å²) < 4.78 is 11.3. The maximum Gasteiger partial charge on any atom is 0.144 e. The van der Waals surface area contributed by atoms with Crippen molar-refractivity contribution in [2.45, 2.75) is 26.2 Å². The van der Waals surface area contributed by atoms with Crippen LogP contribution in [0.2, 0.25) is 0 Å². The molecule has 0 spiro atoms. The molecule has 1 aliphatic carbocycles. The van der Waals surface area contributed by atoms with Gasteiger partial charge in [-0.3, -0.25) is 4.21 Å². The van der Waals surface area contributed by atoms with Gasteiger partial charge in [-0.1, -0.05) is 6.92 Å². The first kappa shape index (κ1) is 13.0. The standard InChI is InChI=1S/C13H17N3OS/c1-2-18(17)7-6-15-13-11(9-14)8-10-4-3-5-12(10)16-13/h8H,2-7H2,1H3,(H,15,16). The number of hydrogen-bond acceptors (Lipinski definition) is 4. The summed E-state index contributed by atoms with van der Waals surface area (Å²) in [6.07, 6.45) is 3.14. The second kappa shape index (κ2) is 5.96. The molecule has 1 aliphatic rings. The lowest BCUT2D eigenvalue weighted by molar-refractivity contribution is 0.684. The van der Waals surface area contributed by atoms with E-state index in [9.17, 15) is 4.21 Å². The Kier molecular flexibility index (Phi) is 4.32. The van der Waals surface area contributed by atoms with E-state index in [-0.39, 0.29) is 0 Å². The zero-order chi connectivity index (χ0) is 13.0. The third kappa shape index (κ3) is 2.88. The first-order chi connectivity index (χ1) is 8.74. The van der Waals surface area contributed by atoms with Crippen LogP contribution < -0.4 is 5.32 Å². The Balaban J connectivity index is 2.08. The SMILES string of the molecule is CCS(=O)CCNc1nc2c(cc1C#N)CCC2. The van der Waals surface area contributed by atoms with Crippen molar-refractivity contribution in [3.8, 4) is 6.07 Å². The highest BCUT2D eigenvalue weighted by Gasteiger charge is 2.16. The summed E-state index contributed by atoms with van der Waals surface area (Å²) in [6, 6.07) is 4.12. The normalized spacial score (nSPS) is 14.9. The van der Waals surface area contributed by atoms with E-state index < -0.39 is 10.8 Å². The highest BCUT2D eigenvalue weighted by Crippen LogP contribution is 2.24. The maximum absolute atomic E-state index is 11.3. The number of nitrogens with one attached hydrogen (secondary N) is 1. The summed E-state index contributed by atoms with van der Waals surface area (Å²) in [5.41, 5.74) is 2.90. The lowest BCUT2D eigenvalue weighted by Crippen LogP contribution is -2.14. The fourth-order valence-electron chi connectivity index (χ4n) is 2.12. The fraction of sp³-hybridized carbons (Fsp3) is 0.538. The van der Waals surface area contributed by atoms with E-state index in [1.54, 1.807) is 0 Å². The number of fused-ring (bicyclic) bond motifs is 1. The van der Waals surface area contributed by atoms with Gasteiger partial charge in [0.15, 0.2) is 0 Å². The van der Waals surface area contributed by atoms with Gasteiger partial charge in [-0.2, -0.15) is 5.26 Å². The minimum atomic E-state index is -0.782. The van der Waals surface area contributed by atoms with Crippen LogP contribution >= 0.6 is 0 Å². The number of rotatable bonds is 5. The molecule has 0 fully saturated rings. The Morgan fingerprint density at radius 3 is 3.11 bits per heavy atom. The van der Waals surface area contributed by atoms with Gasteiger partial charge < -0.3 is 5.32 Å². The van der Waals surface area contributed by atoms with E-state index in [4.69, 9.17) is 5.26 Å². The number of aromatic nitrogens is 1. The van der Waals surface area contributed by atoms with Crippen LogP contribution in [0.5, 0.6) is 0 Å². The van der Waals surface area contributed by atoms with Gasteiger partial charge in [0.05, 0.1) is 5.56 Å². The summed E-state index contributed by atoms with van der Waals surface area (Å²) in [5, 5.41) is 12.2. The van der Waals surface area contributed by atoms with E-state index in [1.807, 2.05) is 13.0 Å². The monoisotopic (exact) mass is 263 g/mol. The van der Waals surface area contributed by atoms with Crippen LogP contribution in [0.25, 0.3) is 0 Å². The molecule has 1 N–H and O–H groups in total. The Labute approximate surface area is 110 Å². The third-order valence-corrected chi connectivity index (χ3v) is 4.42. The first-order valence-electron chi connectivity index (χ1n) is 6.26. The molecule has 1 aromatic rings. The van der Waals surface area contributed by atoms with Crippen molar-refractivity contribution in [3.05, 3.63) is 22.9 Å². The zero-order valence-corrected chi connectivity index (χ0v) is 11.3. The van der Waals surface area contributed by atoms with Gasteiger partial charge >= 0.3 is 0 Å². The van der Waals surface area contributed by atoms with Crippen LogP contribution in [0.1, 0.15) is 30.2 Å². The number of aryl methyl sites for hydroxylation is 2. The molecule has 0 aromatic carbocycles. The quantitative estimate of drug-likeness (QED) is 0.876. The summed E-state index contributed by atoms with van der Waals surface area (Å²) in [7, 11) is -0.782. The van der Waals surface area contributed by atoms with E-state index in [0.717, 1.165) is 25.0 Å².